The molecule has 1 fully saturated rings. The number of hydrogen-bond donors (Lipinski definition) is 0. The number of carbonyl (C=O) groups is 1. The lowest BCUT2D eigenvalue weighted by Gasteiger charge is -2.34. The molecule has 0 radical (unpaired) electrons. The lowest BCUT2D eigenvalue weighted by molar-refractivity contribution is -0.144. The van der Waals surface area contributed by atoms with Crippen molar-refractivity contribution < 1.29 is 9.53 Å². The first-order chi connectivity index (χ1) is 7.57. The predicted octanol–water partition coefficient (Wildman–Crippen LogP) is 0.677. The summed E-state index contributed by atoms with van der Waals surface area (Å²) in [6.07, 6.45) is -0.103. The van der Waals surface area contributed by atoms with Crippen molar-refractivity contribution in [2.24, 2.45) is 5.41 Å². The fraction of sp³-hybridized carbons (Fsp3) is 0.727. The van der Waals surface area contributed by atoms with E-state index >= 15 is 0 Å². The maximum absolute atomic E-state index is 12.1. The molecule has 2 unspecified atom stereocenters. The van der Waals surface area contributed by atoms with Crippen LogP contribution in [0.25, 0.3) is 0 Å². The lowest BCUT2D eigenvalue weighted by Crippen LogP contribution is -2.50. The summed E-state index contributed by atoms with van der Waals surface area (Å²) in [6, 6.07) is 4.02. The zero-order chi connectivity index (χ0) is 12.2. The van der Waals surface area contributed by atoms with E-state index in [9.17, 15) is 4.79 Å². The van der Waals surface area contributed by atoms with Gasteiger partial charge in [0.2, 0.25) is 5.91 Å². The fourth-order valence-electron chi connectivity index (χ4n) is 1.54. The molecule has 0 N–H and O–H groups in total. The van der Waals surface area contributed by atoms with Crippen LogP contribution in [0.4, 0.5) is 0 Å². The van der Waals surface area contributed by atoms with E-state index in [-0.39, 0.29) is 12.5 Å². The third-order valence-electron chi connectivity index (χ3n) is 2.92. The topological polar surface area (TPSA) is 77.1 Å². The van der Waals surface area contributed by atoms with Crippen LogP contribution in [-0.2, 0) is 9.53 Å². The third kappa shape index (κ3) is 2.32. The summed E-state index contributed by atoms with van der Waals surface area (Å²) >= 11 is 0. The number of ether oxygens (including phenoxy) is 1. The van der Waals surface area contributed by atoms with Crippen LogP contribution in [0, 0.1) is 28.1 Å². The number of amides is 1. The van der Waals surface area contributed by atoms with Crippen LogP contribution < -0.4 is 0 Å². The third-order valence-corrected chi connectivity index (χ3v) is 2.92. The predicted molar refractivity (Wildman–Crippen MR) is 55.9 cm³/mol. The summed E-state index contributed by atoms with van der Waals surface area (Å²) in [4.78, 5) is 13.6. The van der Waals surface area contributed by atoms with E-state index in [0.717, 1.165) is 0 Å². The van der Waals surface area contributed by atoms with Crippen LogP contribution >= 0.6 is 0 Å². The molecule has 1 saturated heterocycles. The molecule has 16 heavy (non-hydrogen) atoms. The Kier molecular flexibility index (Phi) is 3.87. The van der Waals surface area contributed by atoms with E-state index in [2.05, 4.69) is 0 Å². The van der Waals surface area contributed by atoms with Gasteiger partial charge in [0, 0.05) is 6.54 Å². The van der Waals surface area contributed by atoms with E-state index in [1.165, 1.54) is 0 Å². The zero-order valence-corrected chi connectivity index (χ0v) is 9.56. The van der Waals surface area contributed by atoms with Gasteiger partial charge in [-0.3, -0.25) is 4.79 Å². The second-order valence-corrected chi connectivity index (χ2v) is 4.04. The second kappa shape index (κ2) is 4.96. The molecular formula is C11H15N3O2. The Hall–Kier alpha value is -1.59. The highest BCUT2D eigenvalue weighted by atomic mass is 16.5. The molecule has 1 rings (SSSR count). The molecule has 2 atom stereocenters. The summed E-state index contributed by atoms with van der Waals surface area (Å²) in [7, 11) is 0. The van der Waals surface area contributed by atoms with Crippen LogP contribution in [0.15, 0.2) is 0 Å². The standard InChI is InChI=1S/C11H15N3O2/c1-3-11(2,8-13)10(15)14-4-5-16-9(6-12)7-14/h9H,3-5,7H2,1-2H3. The van der Waals surface area contributed by atoms with Crippen molar-refractivity contribution in [2.75, 3.05) is 19.7 Å². The van der Waals surface area contributed by atoms with Gasteiger partial charge in [-0.1, -0.05) is 6.92 Å². The van der Waals surface area contributed by atoms with Crippen LogP contribution in [0.1, 0.15) is 20.3 Å². The number of rotatable bonds is 2. The summed E-state index contributed by atoms with van der Waals surface area (Å²) in [6.45, 7) is 4.51. The van der Waals surface area contributed by atoms with Crippen molar-refractivity contribution in [3.63, 3.8) is 0 Å². The van der Waals surface area contributed by atoms with Gasteiger partial charge in [-0.05, 0) is 13.3 Å². The Labute approximate surface area is 95.2 Å². The van der Waals surface area contributed by atoms with Crippen molar-refractivity contribution in [1.29, 1.82) is 10.5 Å². The van der Waals surface area contributed by atoms with Gasteiger partial charge in [0.25, 0.3) is 0 Å². The van der Waals surface area contributed by atoms with E-state index in [4.69, 9.17) is 15.3 Å². The molecule has 1 amide bonds. The summed E-state index contributed by atoms with van der Waals surface area (Å²) in [5.74, 6) is -0.207. The lowest BCUT2D eigenvalue weighted by atomic mass is 9.87. The summed E-state index contributed by atoms with van der Waals surface area (Å²) < 4.78 is 5.15. The second-order valence-electron chi connectivity index (χ2n) is 4.04. The zero-order valence-electron chi connectivity index (χ0n) is 9.56. The van der Waals surface area contributed by atoms with Gasteiger partial charge < -0.3 is 9.64 Å². The van der Waals surface area contributed by atoms with Gasteiger partial charge in [0.05, 0.1) is 25.3 Å². The molecular weight excluding hydrogens is 206 g/mol. The molecule has 0 saturated carbocycles. The van der Waals surface area contributed by atoms with Gasteiger partial charge in [-0.25, -0.2) is 0 Å². The van der Waals surface area contributed by atoms with Crippen LogP contribution in [0.3, 0.4) is 0 Å². The van der Waals surface area contributed by atoms with Crippen molar-refractivity contribution in [3.05, 3.63) is 0 Å². The Morgan fingerprint density at radius 3 is 2.81 bits per heavy atom. The first-order valence-corrected chi connectivity index (χ1v) is 5.29. The number of hydrogen-bond acceptors (Lipinski definition) is 4. The molecule has 1 heterocycles. The van der Waals surface area contributed by atoms with Crippen LogP contribution in [0.5, 0.6) is 0 Å². The summed E-state index contributed by atoms with van der Waals surface area (Å²) in [5.41, 5.74) is -0.989. The number of nitriles is 2. The average Bonchev–Trinajstić information content (AvgIpc) is 2.37. The van der Waals surface area contributed by atoms with Gasteiger partial charge in [-0.15, -0.1) is 0 Å². The van der Waals surface area contributed by atoms with Gasteiger partial charge >= 0.3 is 0 Å². The minimum absolute atomic E-state index is 0.207. The Balaban J connectivity index is 2.75. The molecule has 0 bridgehead atoms. The van der Waals surface area contributed by atoms with Gasteiger partial charge in [0.15, 0.2) is 6.10 Å². The Bertz CT molecular complexity index is 355. The normalized spacial score (nSPS) is 24.0. The van der Waals surface area contributed by atoms with E-state index < -0.39 is 11.5 Å². The maximum atomic E-state index is 12.1. The molecule has 0 aromatic rings. The molecule has 0 aromatic heterocycles. The Morgan fingerprint density at radius 2 is 2.31 bits per heavy atom. The van der Waals surface area contributed by atoms with Crippen molar-refractivity contribution >= 4 is 5.91 Å². The maximum Gasteiger partial charge on any atom is 0.242 e. The first kappa shape index (κ1) is 12.5. The first-order valence-electron chi connectivity index (χ1n) is 5.29. The number of nitrogens with zero attached hydrogens (tertiary/aromatic N) is 3. The van der Waals surface area contributed by atoms with Crippen LogP contribution in [-0.4, -0.2) is 36.6 Å². The number of morpholine rings is 1. The highest BCUT2D eigenvalue weighted by Gasteiger charge is 2.37. The minimum atomic E-state index is -0.989. The molecule has 86 valence electrons. The highest BCUT2D eigenvalue weighted by Crippen LogP contribution is 2.24. The van der Waals surface area contributed by atoms with Crippen LogP contribution in [0.2, 0.25) is 0 Å². The average molecular weight is 221 g/mol. The van der Waals surface area contributed by atoms with Gasteiger partial charge in [-0.2, -0.15) is 10.5 Å². The van der Waals surface area contributed by atoms with Crippen molar-refractivity contribution in [1.82, 2.24) is 4.90 Å². The minimum Gasteiger partial charge on any atom is -0.360 e. The SMILES string of the molecule is CCC(C)(C#N)C(=O)N1CCOC(C#N)C1. The van der Waals surface area contributed by atoms with Crippen molar-refractivity contribution in [3.8, 4) is 12.1 Å². The molecule has 1 aliphatic rings. The van der Waals surface area contributed by atoms with E-state index in [1.807, 2.05) is 19.1 Å². The summed E-state index contributed by atoms with van der Waals surface area (Å²) in [5, 5.41) is 17.7. The smallest absolute Gasteiger partial charge is 0.242 e. The van der Waals surface area contributed by atoms with E-state index in [0.29, 0.717) is 19.6 Å². The van der Waals surface area contributed by atoms with E-state index in [1.54, 1.807) is 11.8 Å². The van der Waals surface area contributed by atoms with Crippen molar-refractivity contribution in [2.45, 2.75) is 26.4 Å². The Morgan fingerprint density at radius 1 is 1.62 bits per heavy atom. The molecule has 0 spiro atoms. The fourth-order valence-corrected chi connectivity index (χ4v) is 1.54. The molecule has 5 heteroatoms. The quantitative estimate of drug-likeness (QED) is 0.687. The molecule has 5 nitrogen and oxygen atoms in total. The molecule has 0 aliphatic carbocycles. The molecule has 0 aromatic carbocycles. The van der Waals surface area contributed by atoms with Gasteiger partial charge in [0.1, 0.15) is 5.41 Å². The number of carbonyl (C=O) groups excluding carboxylic acids is 1. The monoisotopic (exact) mass is 221 g/mol. The highest BCUT2D eigenvalue weighted by molar-refractivity contribution is 5.85. The molecule has 1 aliphatic heterocycles. The largest absolute Gasteiger partial charge is 0.360 e.